The van der Waals surface area contributed by atoms with Crippen molar-refractivity contribution < 1.29 is 32.7 Å². The van der Waals surface area contributed by atoms with E-state index in [0.29, 0.717) is 10.0 Å². The second-order valence-corrected chi connectivity index (χ2v) is 7.21. The number of alkyl halides is 3. The molecule has 12 heteroatoms. The van der Waals surface area contributed by atoms with Crippen molar-refractivity contribution in [3.8, 4) is 5.75 Å². The van der Waals surface area contributed by atoms with Crippen LogP contribution in [-0.4, -0.2) is 45.2 Å². The minimum absolute atomic E-state index is 0.0285. The molecule has 0 radical (unpaired) electrons. The van der Waals surface area contributed by atoms with Crippen molar-refractivity contribution in [3.05, 3.63) is 68.7 Å². The molecule has 1 atom stereocenters. The highest BCUT2D eigenvalue weighted by Gasteiger charge is 2.63. The molecule has 2 aromatic carbocycles. The van der Waals surface area contributed by atoms with Crippen molar-refractivity contribution in [2.75, 3.05) is 6.61 Å². The summed E-state index contributed by atoms with van der Waals surface area (Å²) in [6, 6.07) is 10.8. The summed E-state index contributed by atoms with van der Waals surface area (Å²) in [7, 11) is 0. The van der Waals surface area contributed by atoms with Crippen LogP contribution in [0.25, 0.3) is 0 Å². The molecular formula is C18H13BrF3N3O5. The van der Waals surface area contributed by atoms with E-state index in [1.54, 1.807) is 12.1 Å². The third kappa shape index (κ3) is 4.28. The summed E-state index contributed by atoms with van der Waals surface area (Å²) in [5.74, 6) is -1.21. The first-order valence-electron chi connectivity index (χ1n) is 8.34. The lowest BCUT2D eigenvalue weighted by Gasteiger charge is -2.32. The third-order valence-electron chi connectivity index (χ3n) is 4.26. The first kappa shape index (κ1) is 21.7. The van der Waals surface area contributed by atoms with Crippen molar-refractivity contribution in [3.63, 3.8) is 0 Å². The fourth-order valence-electron chi connectivity index (χ4n) is 2.70. The standard InChI is InChI=1S/C18H13BrF3N3O5/c19-12-3-1-11(2-4-12)15-9-17(27,18(20,21)22)24(23-15)16(26)10-30-14-7-5-13(6-8-14)25(28)29/h1-8,27H,9-10H2/t17-/m0/s1. The fraction of sp³-hybridized carbons (Fsp3) is 0.222. The van der Waals surface area contributed by atoms with Gasteiger partial charge in [0.05, 0.1) is 17.1 Å². The van der Waals surface area contributed by atoms with Crippen molar-refractivity contribution in [1.82, 2.24) is 5.01 Å². The van der Waals surface area contributed by atoms with Crippen molar-refractivity contribution in [1.29, 1.82) is 0 Å². The molecular weight excluding hydrogens is 475 g/mol. The number of carbonyl (C=O) groups excluding carboxylic acids is 1. The van der Waals surface area contributed by atoms with E-state index in [1.807, 2.05) is 0 Å². The molecule has 0 saturated carbocycles. The van der Waals surface area contributed by atoms with E-state index in [1.165, 1.54) is 24.3 Å². The van der Waals surface area contributed by atoms with E-state index in [0.717, 1.165) is 12.1 Å². The Bertz CT molecular complexity index is 996. The van der Waals surface area contributed by atoms with E-state index >= 15 is 0 Å². The topological polar surface area (TPSA) is 105 Å². The summed E-state index contributed by atoms with van der Waals surface area (Å²) in [4.78, 5) is 22.4. The van der Waals surface area contributed by atoms with E-state index < -0.39 is 35.8 Å². The molecule has 0 aliphatic carbocycles. The Hall–Kier alpha value is -2.99. The van der Waals surface area contributed by atoms with Gasteiger partial charge in [-0.3, -0.25) is 14.9 Å². The van der Waals surface area contributed by atoms with Gasteiger partial charge in [-0.2, -0.15) is 23.3 Å². The molecule has 0 aromatic heterocycles. The van der Waals surface area contributed by atoms with Gasteiger partial charge in [-0.05, 0) is 29.8 Å². The average Bonchev–Trinajstić information content (AvgIpc) is 3.06. The van der Waals surface area contributed by atoms with Gasteiger partial charge in [0.2, 0.25) is 0 Å². The summed E-state index contributed by atoms with van der Waals surface area (Å²) >= 11 is 3.21. The number of amides is 1. The van der Waals surface area contributed by atoms with Gasteiger partial charge < -0.3 is 9.84 Å². The lowest BCUT2D eigenvalue weighted by molar-refractivity contribution is -0.384. The van der Waals surface area contributed by atoms with Gasteiger partial charge in [-0.1, -0.05) is 28.1 Å². The number of non-ortho nitro benzene ring substituents is 1. The Kier molecular flexibility index (Phi) is 5.81. The molecule has 0 saturated heterocycles. The highest BCUT2D eigenvalue weighted by molar-refractivity contribution is 9.10. The molecule has 3 rings (SSSR count). The smallest absolute Gasteiger partial charge is 0.438 e. The maximum absolute atomic E-state index is 13.6. The monoisotopic (exact) mass is 487 g/mol. The second kappa shape index (κ2) is 8.03. The summed E-state index contributed by atoms with van der Waals surface area (Å²) in [6.45, 7) is -0.868. The van der Waals surface area contributed by atoms with Crippen LogP contribution < -0.4 is 4.74 Å². The van der Waals surface area contributed by atoms with Crippen molar-refractivity contribution in [2.45, 2.75) is 18.3 Å². The van der Waals surface area contributed by atoms with Crippen LogP contribution in [0, 0.1) is 10.1 Å². The van der Waals surface area contributed by atoms with Crippen LogP contribution in [0.1, 0.15) is 12.0 Å². The van der Waals surface area contributed by atoms with E-state index in [-0.39, 0.29) is 22.2 Å². The van der Waals surface area contributed by atoms with Crippen LogP contribution in [0.15, 0.2) is 58.1 Å². The zero-order valence-corrected chi connectivity index (χ0v) is 16.6. The molecule has 1 aliphatic heterocycles. The van der Waals surface area contributed by atoms with Crippen LogP contribution in [-0.2, 0) is 4.79 Å². The number of nitro benzene ring substituents is 1. The third-order valence-corrected chi connectivity index (χ3v) is 4.79. The molecule has 0 fully saturated rings. The SMILES string of the molecule is O=C(COc1ccc([N+](=O)[O-])cc1)N1N=C(c2ccc(Br)cc2)C[C@]1(O)C(F)(F)F. The average molecular weight is 488 g/mol. The number of halogens is 4. The Morgan fingerprint density at radius 1 is 1.23 bits per heavy atom. The molecule has 0 bridgehead atoms. The number of rotatable bonds is 5. The van der Waals surface area contributed by atoms with Crippen molar-refractivity contribution >= 4 is 33.2 Å². The molecule has 0 unspecified atom stereocenters. The predicted molar refractivity (Wildman–Crippen MR) is 102 cm³/mol. The minimum Gasteiger partial charge on any atom is -0.484 e. The summed E-state index contributed by atoms with van der Waals surface area (Å²) < 4.78 is 46.5. The predicted octanol–water partition coefficient (Wildman–Crippen LogP) is 3.62. The zero-order chi connectivity index (χ0) is 22.1. The van der Waals surface area contributed by atoms with Crippen molar-refractivity contribution in [2.24, 2.45) is 5.10 Å². The number of carbonyl (C=O) groups is 1. The minimum atomic E-state index is -5.17. The number of benzene rings is 2. The zero-order valence-electron chi connectivity index (χ0n) is 15.0. The number of hydrogen-bond acceptors (Lipinski definition) is 6. The maximum Gasteiger partial charge on any atom is 0.438 e. The molecule has 8 nitrogen and oxygen atoms in total. The number of hydrazone groups is 1. The lowest BCUT2D eigenvalue weighted by Crippen LogP contribution is -2.57. The van der Waals surface area contributed by atoms with E-state index in [9.17, 15) is 33.2 Å². The van der Waals surface area contributed by atoms with Gasteiger partial charge in [0.15, 0.2) is 6.61 Å². The van der Waals surface area contributed by atoms with Crippen LogP contribution in [0.5, 0.6) is 5.75 Å². The number of ether oxygens (including phenoxy) is 1. The molecule has 158 valence electrons. The van der Waals surface area contributed by atoms with Gasteiger partial charge in [0.25, 0.3) is 17.3 Å². The van der Waals surface area contributed by atoms with E-state index in [2.05, 4.69) is 21.0 Å². The first-order valence-corrected chi connectivity index (χ1v) is 9.13. The molecule has 1 aliphatic rings. The fourth-order valence-corrected chi connectivity index (χ4v) is 2.97. The quantitative estimate of drug-likeness (QED) is 0.512. The Balaban J connectivity index is 1.81. The Morgan fingerprint density at radius 3 is 2.37 bits per heavy atom. The Labute approximate surface area is 175 Å². The van der Waals surface area contributed by atoms with Gasteiger partial charge in [-0.25, -0.2) is 0 Å². The largest absolute Gasteiger partial charge is 0.484 e. The van der Waals surface area contributed by atoms with Crippen LogP contribution in [0.4, 0.5) is 18.9 Å². The molecule has 2 aromatic rings. The van der Waals surface area contributed by atoms with E-state index in [4.69, 9.17) is 4.74 Å². The van der Waals surface area contributed by atoms with Gasteiger partial charge >= 0.3 is 6.18 Å². The molecule has 1 amide bonds. The molecule has 30 heavy (non-hydrogen) atoms. The lowest BCUT2D eigenvalue weighted by atomic mass is 10.0. The molecule has 1 N–H and O–H groups in total. The van der Waals surface area contributed by atoms with Gasteiger partial charge in [-0.15, -0.1) is 0 Å². The highest BCUT2D eigenvalue weighted by Crippen LogP contribution is 2.41. The number of nitro groups is 1. The van der Waals surface area contributed by atoms with Crippen LogP contribution in [0.2, 0.25) is 0 Å². The second-order valence-electron chi connectivity index (χ2n) is 6.29. The Morgan fingerprint density at radius 2 is 1.83 bits per heavy atom. The first-order chi connectivity index (χ1) is 14.0. The van der Waals surface area contributed by atoms with Gasteiger partial charge in [0.1, 0.15) is 5.75 Å². The highest BCUT2D eigenvalue weighted by atomic mass is 79.9. The summed E-state index contributed by atoms with van der Waals surface area (Å²) in [6.07, 6.45) is -6.11. The maximum atomic E-state index is 13.6. The molecule has 1 heterocycles. The van der Waals surface area contributed by atoms with Gasteiger partial charge in [0, 0.05) is 16.6 Å². The molecule has 0 spiro atoms. The summed E-state index contributed by atoms with van der Waals surface area (Å²) in [5, 5.41) is 24.6. The number of nitrogens with zero attached hydrogens (tertiary/aromatic N) is 3. The number of hydrogen-bond donors (Lipinski definition) is 1. The normalized spacial score (nSPS) is 18.8. The van der Waals surface area contributed by atoms with Crippen LogP contribution in [0.3, 0.4) is 0 Å². The summed E-state index contributed by atoms with van der Waals surface area (Å²) in [5.41, 5.74) is -3.55. The number of aliphatic hydroxyl groups is 1. The van der Waals surface area contributed by atoms with Crippen LogP contribution >= 0.6 is 15.9 Å².